The third kappa shape index (κ3) is 5.14. The minimum atomic E-state index is -4.76. The molecule has 1 atom stereocenters. The maximum atomic E-state index is 13.5. The van der Waals surface area contributed by atoms with E-state index in [1.165, 1.54) is 18.2 Å². The molecule has 0 fully saturated rings. The van der Waals surface area contributed by atoms with Crippen LogP contribution < -0.4 is 9.62 Å². The molecule has 0 spiro atoms. The third-order valence-electron chi connectivity index (χ3n) is 5.11. The van der Waals surface area contributed by atoms with Crippen LogP contribution in [0.5, 0.6) is 0 Å². The van der Waals surface area contributed by atoms with E-state index in [4.69, 9.17) is 23.2 Å². The van der Waals surface area contributed by atoms with E-state index < -0.39 is 29.2 Å². The van der Waals surface area contributed by atoms with E-state index in [0.29, 0.717) is 22.7 Å². The molecule has 1 aliphatic rings. The van der Waals surface area contributed by atoms with Crippen molar-refractivity contribution in [2.24, 2.45) is 0 Å². The summed E-state index contributed by atoms with van der Waals surface area (Å²) in [5, 5.41) is 2.70. The van der Waals surface area contributed by atoms with Gasteiger partial charge in [0.05, 0.1) is 11.2 Å². The molecule has 10 nitrogen and oxygen atoms in total. The van der Waals surface area contributed by atoms with Crippen LogP contribution in [-0.2, 0) is 14.6 Å². The number of rotatable bonds is 7. The van der Waals surface area contributed by atoms with Crippen LogP contribution in [0, 0.1) is 0 Å². The minimum absolute atomic E-state index is 0.0576. The van der Waals surface area contributed by atoms with Gasteiger partial charge in [0, 0.05) is 41.3 Å². The highest BCUT2D eigenvalue weighted by Crippen LogP contribution is 2.41. The zero-order valence-corrected chi connectivity index (χ0v) is 20.9. The number of allylic oxidation sites excluding steroid dienone is 3. The molecule has 0 saturated carbocycles. The number of anilines is 2. The van der Waals surface area contributed by atoms with Crippen molar-refractivity contribution in [2.45, 2.75) is 11.7 Å². The van der Waals surface area contributed by atoms with Crippen LogP contribution in [0.25, 0.3) is 16.7 Å². The smallest absolute Gasteiger partial charge is 0.345 e. The molecule has 3 N–H and O–H groups in total. The number of aromatic nitrogens is 3. The average Bonchev–Trinajstić information content (AvgIpc) is 3.19. The highest BCUT2D eigenvalue weighted by atomic mass is 35.5. The summed E-state index contributed by atoms with van der Waals surface area (Å²) in [4.78, 5) is 27.8. The first-order valence-electron chi connectivity index (χ1n) is 9.90. The lowest BCUT2D eigenvalue weighted by Gasteiger charge is -2.29. The normalized spacial score (nSPS) is 16.8. The first-order chi connectivity index (χ1) is 16.0. The van der Waals surface area contributed by atoms with Crippen LogP contribution in [-0.4, -0.2) is 51.3 Å². The van der Waals surface area contributed by atoms with Crippen molar-refractivity contribution in [2.75, 3.05) is 23.0 Å². The van der Waals surface area contributed by atoms with E-state index in [-0.39, 0.29) is 22.2 Å². The quantitative estimate of drug-likeness (QED) is 0.383. The van der Waals surface area contributed by atoms with Crippen LogP contribution in [0.3, 0.4) is 0 Å². The van der Waals surface area contributed by atoms with Crippen LogP contribution in [0.1, 0.15) is 6.42 Å². The molecule has 2 aromatic heterocycles. The van der Waals surface area contributed by atoms with Crippen molar-refractivity contribution in [3.8, 4) is 5.82 Å². The zero-order valence-electron chi connectivity index (χ0n) is 17.7. The molecule has 1 aliphatic carbocycles. The molecule has 34 heavy (non-hydrogen) atoms. The Morgan fingerprint density at radius 3 is 2.71 bits per heavy atom. The predicted molar refractivity (Wildman–Crippen MR) is 133 cm³/mol. The van der Waals surface area contributed by atoms with Gasteiger partial charge in [-0.15, -0.1) is 0 Å². The second kappa shape index (κ2) is 9.33. The number of hydrogen-bond acceptors (Lipinski definition) is 6. The molecule has 0 amide bonds. The minimum Gasteiger partial charge on any atom is -0.357 e. The molecule has 4 rings (SSSR count). The van der Waals surface area contributed by atoms with E-state index in [1.807, 2.05) is 0 Å². The lowest BCUT2D eigenvalue weighted by atomic mass is 10.2. The molecule has 2 heterocycles. The standard InChI is InChI=1S/C20H20Cl2N5O5PS/c1-23-20-24-6-4-19(25-20)26-7-5-13-8-16(2-3-18(13)26)27(12-33(28,29)30)34(31,32)17-10-14(21)9-15(22)11-17/h2-10,17H,11-12H2,1H3,(H,23,24,25)(H2,28,29,30). The van der Waals surface area contributed by atoms with Gasteiger partial charge in [-0.2, -0.15) is 4.98 Å². The molecule has 1 unspecified atom stereocenters. The van der Waals surface area contributed by atoms with E-state index in [1.54, 1.807) is 48.3 Å². The van der Waals surface area contributed by atoms with Crippen LogP contribution in [0.4, 0.5) is 11.6 Å². The SMILES string of the molecule is CNc1nccc(-n2ccc3cc(N(CP(=O)(O)O)S(=O)(=O)C4C=C(Cl)C=C(Cl)C4)ccc32)n1. The van der Waals surface area contributed by atoms with Crippen molar-refractivity contribution in [1.29, 1.82) is 0 Å². The van der Waals surface area contributed by atoms with E-state index in [0.717, 1.165) is 4.31 Å². The molecule has 3 aromatic rings. The molecular formula is C20H20Cl2N5O5PS. The van der Waals surface area contributed by atoms with Gasteiger partial charge in [0.15, 0.2) is 0 Å². The summed E-state index contributed by atoms with van der Waals surface area (Å²) in [6.07, 6.45) is 5.01. The van der Waals surface area contributed by atoms with Crippen molar-refractivity contribution in [1.82, 2.24) is 14.5 Å². The van der Waals surface area contributed by atoms with Crippen molar-refractivity contribution >= 4 is 63.4 Å². The number of hydrogen-bond donors (Lipinski definition) is 3. The summed E-state index contributed by atoms with van der Waals surface area (Å²) in [6.45, 7) is 0. The second-order valence-corrected chi connectivity index (χ2v) is 12.1. The van der Waals surface area contributed by atoms with Gasteiger partial charge in [0.2, 0.25) is 16.0 Å². The number of sulfonamides is 1. The highest BCUT2D eigenvalue weighted by Gasteiger charge is 2.36. The number of benzene rings is 1. The second-order valence-electron chi connectivity index (χ2n) is 7.50. The van der Waals surface area contributed by atoms with Crippen molar-refractivity contribution < 1.29 is 22.8 Å². The predicted octanol–water partition coefficient (Wildman–Crippen LogP) is 3.75. The molecule has 0 bridgehead atoms. The van der Waals surface area contributed by atoms with Crippen LogP contribution in [0.2, 0.25) is 0 Å². The number of halogens is 2. The van der Waals surface area contributed by atoms with Gasteiger partial charge in [-0.1, -0.05) is 23.2 Å². The zero-order chi connectivity index (χ0) is 24.7. The van der Waals surface area contributed by atoms with Gasteiger partial charge in [0.25, 0.3) is 0 Å². The molecule has 14 heteroatoms. The fourth-order valence-electron chi connectivity index (χ4n) is 3.61. The first kappa shape index (κ1) is 24.7. The van der Waals surface area contributed by atoms with Crippen molar-refractivity contribution in [3.63, 3.8) is 0 Å². The van der Waals surface area contributed by atoms with E-state index in [9.17, 15) is 22.8 Å². The van der Waals surface area contributed by atoms with Gasteiger partial charge in [-0.25, -0.2) is 13.4 Å². The Morgan fingerprint density at radius 2 is 2.03 bits per heavy atom. The maximum Gasteiger partial charge on any atom is 0.345 e. The van der Waals surface area contributed by atoms with Gasteiger partial charge in [-0.3, -0.25) is 8.87 Å². The fraction of sp³-hybridized carbons (Fsp3) is 0.200. The summed E-state index contributed by atoms with van der Waals surface area (Å²) in [7, 11) is -7.34. The Kier molecular flexibility index (Phi) is 6.78. The van der Waals surface area contributed by atoms with E-state index >= 15 is 0 Å². The molecule has 0 radical (unpaired) electrons. The molecule has 1 aromatic carbocycles. The fourth-order valence-corrected chi connectivity index (χ4v) is 7.43. The Labute approximate surface area is 205 Å². The summed E-state index contributed by atoms with van der Waals surface area (Å²) in [6, 6.07) is 8.15. The number of fused-ring (bicyclic) bond motifs is 1. The summed E-state index contributed by atoms with van der Waals surface area (Å²) in [5.74, 6) is 1.02. The summed E-state index contributed by atoms with van der Waals surface area (Å²) < 4.78 is 41.3. The Bertz CT molecular complexity index is 1470. The molecule has 0 aliphatic heterocycles. The number of nitrogens with one attached hydrogen (secondary N) is 1. The molecule has 180 valence electrons. The largest absolute Gasteiger partial charge is 0.357 e. The lowest BCUT2D eigenvalue weighted by molar-refractivity contribution is 0.373. The first-order valence-corrected chi connectivity index (χ1v) is 14.0. The summed E-state index contributed by atoms with van der Waals surface area (Å²) in [5.41, 5.74) is 0.812. The Balaban J connectivity index is 1.78. The Hall–Kier alpha value is -2.40. The number of nitrogens with zero attached hydrogens (tertiary/aromatic N) is 4. The van der Waals surface area contributed by atoms with E-state index in [2.05, 4.69) is 15.3 Å². The van der Waals surface area contributed by atoms with Gasteiger partial charge < -0.3 is 19.7 Å². The summed E-state index contributed by atoms with van der Waals surface area (Å²) >= 11 is 12.0. The van der Waals surface area contributed by atoms with Gasteiger partial charge in [-0.05, 0) is 42.5 Å². The van der Waals surface area contributed by atoms with Crippen LogP contribution >= 0.6 is 30.8 Å². The van der Waals surface area contributed by atoms with Crippen molar-refractivity contribution in [3.05, 3.63) is 64.9 Å². The van der Waals surface area contributed by atoms with Gasteiger partial charge >= 0.3 is 7.60 Å². The monoisotopic (exact) mass is 543 g/mol. The lowest BCUT2D eigenvalue weighted by Crippen LogP contribution is -2.39. The van der Waals surface area contributed by atoms with Gasteiger partial charge in [0.1, 0.15) is 17.4 Å². The van der Waals surface area contributed by atoms with Crippen LogP contribution in [0.15, 0.2) is 64.9 Å². The maximum absolute atomic E-state index is 13.5. The highest BCUT2D eigenvalue weighted by molar-refractivity contribution is 7.93. The molecular weight excluding hydrogens is 524 g/mol. The topological polar surface area (TPSA) is 138 Å². The average molecular weight is 544 g/mol. The molecule has 0 saturated heterocycles. The Morgan fingerprint density at radius 1 is 1.26 bits per heavy atom. The third-order valence-corrected chi connectivity index (χ3v) is 8.47.